The van der Waals surface area contributed by atoms with Crippen LogP contribution in [0.25, 0.3) is 6.08 Å². The fourth-order valence-electron chi connectivity index (χ4n) is 3.28. The number of amidine groups is 1. The highest BCUT2D eigenvalue weighted by molar-refractivity contribution is 8.18. The molecule has 0 radical (unpaired) electrons. The van der Waals surface area contributed by atoms with E-state index in [4.69, 9.17) is 16.0 Å². The summed E-state index contributed by atoms with van der Waals surface area (Å²) in [5, 5.41) is 19.2. The fraction of sp³-hybridized carbons (Fsp3) is 0.192. The summed E-state index contributed by atoms with van der Waals surface area (Å²) in [5.41, 5.74) is 2.63. The van der Waals surface area contributed by atoms with Crippen LogP contribution in [-0.4, -0.2) is 27.3 Å². The number of benzene rings is 2. The molecule has 1 amide bonds. The van der Waals surface area contributed by atoms with E-state index in [1.165, 1.54) is 34.5 Å². The Kier molecular flexibility index (Phi) is 6.95. The second-order valence-corrected chi connectivity index (χ2v) is 10.2. The summed E-state index contributed by atoms with van der Waals surface area (Å²) in [6, 6.07) is 16.4. The van der Waals surface area contributed by atoms with Gasteiger partial charge >= 0.3 is 0 Å². The van der Waals surface area contributed by atoms with Gasteiger partial charge < -0.3 is 9.52 Å². The first kappa shape index (κ1) is 23.9. The summed E-state index contributed by atoms with van der Waals surface area (Å²) in [6.07, 6.45) is 4.81. The smallest absolute Gasteiger partial charge is 0.267 e. The summed E-state index contributed by atoms with van der Waals surface area (Å²) < 4.78 is 5.43. The van der Waals surface area contributed by atoms with Crippen LogP contribution in [0, 0.1) is 0 Å². The molecule has 1 aliphatic rings. The van der Waals surface area contributed by atoms with E-state index in [-0.39, 0.29) is 23.6 Å². The molecule has 2 heterocycles. The van der Waals surface area contributed by atoms with Crippen LogP contribution < -0.4 is 0 Å². The van der Waals surface area contributed by atoms with E-state index in [1.807, 2.05) is 18.2 Å². The number of furan rings is 1. The normalized spacial score (nSPS) is 16.9. The van der Waals surface area contributed by atoms with Crippen molar-refractivity contribution in [2.75, 3.05) is 0 Å². The molecule has 0 unspecified atom stereocenters. The molecule has 0 aliphatic carbocycles. The number of halogens is 1. The Morgan fingerprint density at radius 3 is 2.59 bits per heavy atom. The lowest BCUT2D eigenvalue weighted by Crippen LogP contribution is -2.28. The van der Waals surface area contributed by atoms with Crippen molar-refractivity contribution < 1.29 is 14.3 Å². The Hall–Kier alpha value is -3.29. The maximum absolute atomic E-state index is 13.2. The molecule has 0 spiro atoms. The Bertz CT molecular complexity index is 1270. The summed E-state index contributed by atoms with van der Waals surface area (Å²) in [5.74, 6) is 0.491. The molecule has 1 saturated heterocycles. The van der Waals surface area contributed by atoms with Crippen molar-refractivity contribution in [2.24, 2.45) is 10.2 Å². The third-order valence-corrected chi connectivity index (χ3v) is 6.42. The molecular formula is C26H24ClN3O3S. The van der Waals surface area contributed by atoms with Crippen LogP contribution in [0.15, 0.2) is 80.4 Å². The molecule has 4 rings (SSSR count). The fourth-order valence-corrected chi connectivity index (χ4v) is 4.40. The van der Waals surface area contributed by atoms with E-state index in [0.717, 1.165) is 5.56 Å². The van der Waals surface area contributed by atoms with Gasteiger partial charge in [-0.1, -0.05) is 56.6 Å². The average Bonchev–Trinajstić information content (AvgIpc) is 3.40. The van der Waals surface area contributed by atoms with Crippen LogP contribution in [0.1, 0.15) is 43.2 Å². The number of aromatic hydroxyl groups is 1. The molecule has 174 valence electrons. The molecular weight excluding hydrogens is 470 g/mol. The molecule has 8 heteroatoms. The minimum atomic E-state index is -0.180. The Morgan fingerprint density at radius 2 is 1.91 bits per heavy atom. The van der Waals surface area contributed by atoms with E-state index in [2.05, 4.69) is 43.1 Å². The van der Waals surface area contributed by atoms with Crippen molar-refractivity contribution in [3.63, 3.8) is 0 Å². The van der Waals surface area contributed by atoms with Crippen molar-refractivity contribution in [1.29, 1.82) is 0 Å². The van der Waals surface area contributed by atoms with Crippen molar-refractivity contribution in [2.45, 2.75) is 32.7 Å². The van der Waals surface area contributed by atoms with E-state index in [1.54, 1.807) is 30.5 Å². The van der Waals surface area contributed by atoms with Crippen LogP contribution in [0.4, 0.5) is 0 Å². The van der Waals surface area contributed by atoms with Crippen LogP contribution in [-0.2, 0) is 16.8 Å². The third kappa shape index (κ3) is 5.61. The SMILES string of the molecule is CC(C)(C)c1ccc(/C=C2\S/C(=N/N=C\c3cc(Cl)ccc3O)N(Cc3ccco3)C2=O)cc1. The first-order chi connectivity index (χ1) is 16.2. The van der Waals surface area contributed by atoms with Crippen LogP contribution in [0.2, 0.25) is 5.02 Å². The first-order valence-corrected chi connectivity index (χ1v) is 11.8. The van der Waals surface area contributed by atoms with Gasteiger partial charge in [-0.25, -0.2) is 0 Å². The van der Waals surface area contributed by atoms with Crippen LogP contribution >= 0.6 is 23.4 Å². The standard InChI is InChI=1S/C26H24ClN3O3S/c1-26(2,3)19-8-6-17(7-9-19)13-23-24(32)30(16-21-5-4-12-33-21)25(34-23)29-28-15-18-14-20(27)10-11-22(18)31/h4-15,31H,16H2,1-3H3/b23-13-,28-15-,29-25+. The highest BCUT2D eigenvalue weighted by Gasteiger charge is 2.34. The molecule has 0 saturated carbocycles. The van der Waals surface area contributed by atoms with Gasteiger partial charge in [0.2, 0.25) is 0 Å². The molecule has 0 atom stereocenters. The highest BCUT2D eigenvalue weighted by Crippen LogP contribution is 2.34. The topological polar surface area (TPSA) is 78.4 Å². The third-order valence-electron chi connectivity index (χ3n) is 5.19. The summed E-state index contributed by atoms with van der Waals surface area (Å²) in [7, 11) is 0. The molecule has 34 heavy (non-hydrogen) atoms. The van der Waals surface area contributed by atoms with Crippen molar-refractivity contribution >= 4 is 46.7 Å². The number of amides is 1. The van der Waals surface area contributed by atoms with E-state index >= 15 is 0 Å². The highest BCUT2D eigenvalue weighted by atomic mass is 35.5. The monoisotopic (exact) mass is 493 g/mol. The summed E-state index contributed by atoms with van der Waals surface area (Å²) in [6.45, 7) is 6.72. The Labute approximate surface area is 207 Å². The predicted molar refractivity (Wildman–Crippen MR) is 138 cm³/mol. The van der Waals surface area contributed by atoms with Gasteiger partial charge in [-0.15, -0.1) is 5.10 Å². The Morgan fingerprint density at radius 1 is 1.15 bits per heavy atom. The lowest BCUT2D eigenvalue weighted by atomic mass is 9.87. The molecule has 1 N–H and O–H groups in total. The van der Waals surface area contributed by atoms with Crippen molar-refractivity contribution in [3.05, 3.63) is 93.2 Å². The average molecular weight is 494 g/mol. The molecule has 1 aromatic heterocycles. The number of phenolic OH excluding ortho intramolecular Hbond substituents is 1. The summed E-state index contributed by atoms with van der Waals surface area (Å²) in [4.78, 5) is 15.3. The molecule has 0 bridgehead atoms. The first-order valence-electron chi connectivity index (χ1n) is 10.6. The van der Waals surface area contributed by atoms with Gasteiger partial charge in [0, 0.05) is 10.6 Å². The van der Waals surface area contributed by atoms with E-state index in [0.29, 0.717) is 26.4 Å². The number of nitrogens with zero attached hydrogens (tertiary/aromatic N) is 3. The quantitative estimate of drug-likeness (QED) is 0.252. The number of phenols is 1. The predicted octanol–water partition coefficient (Wildman–Crippen LogP) is 6.44. The number of hydrogen-bond acceptors (Lipinski definition) is 6. The van der Waals surface area contributed by atoms with Gasteiger partial charge in [0.25, 0.3) is 5.91 Å². The second kappa shape index (κ2) is 9.91. The largest absolute Gasteiger partial charge is 0.507 e. The van der Waals surface area contributed by atoms with Gasteiger partial charge in [-0.05, 0) is 64.7 Å². The maximum atomic E-state index is 13.2. The van der Waals surface area contributed by atoms with Crippen molar-refractivity contribution in [3.8, 4) is 5.75 Å². The number of hydrogen-bond donors (Lipinski definition) is 1. The van der Waals surface area contributed by atoms with Gasteiger partial charge in [-0.3, -0.25) is 9.69 Å². The van der Waals surface area contributed by atoms with Crippen LogP contribution in [0.3, 0.4) is 0 Å². The summed E-state index contributed by atoms with van der Waals surface area (Å²) >= 11 is 7.23. The van der Waals surface area contributed by atoms with Gasteiger partial charge in [0.05, 0.1) is 23.9 Å². The lowest BCUT2D eigenvalue weighted by molar-refractivity contribution is -0.122. The zero-order valence-corrected chi connectivity index (χ0v) is 20.6. The number of carbonyl (C=O) groups is 1. The number of thioether (sulfide) groups is 1. The van der Waals surface area contributed by atoms with E-state index in [9.17, 15) is 9.90 Å². The molecule has 6 nitrogen and oxygen atoms in total. The zero-order valence-electron chi connectivity index (χ0n) is 19.0. The zero-order chi connectivity index (χ0) is 24.3. The van der Waals surface area contributed by atoms with Crippen molar-refractivity contribution in [1.82, 2.24) is 4.90 Å². The van der Waals surface area contributed by atoms with E-state index < -0.39 is 0 Å². The van der Waals surface area contributed by atoms with Gasteiger partial charge in [0.1, 0.15) is 11.5 Å². The lowest BCUT2D eigenvalue weighted by Gasteiger charge is -2.18. The maximum Gasteiger partial charge on any atom is 0.267 e. The number of carbonyl (C=O) groups excluding carboxylic acids is 1. The Balaban J connectivity index is 1.62. The number of rotatable bonds is 5. The molecule has 1 fully saturated rings. The minimum Gasteiger partial charge on any atom is -0.507 e. The van der Waals surface area contributed by atoms with Crippen LogP contribution in [0.5, 0.6) is 5.75 Å². The van der Waals surface area contributed by atoms with Gasteiger partial charge in [-0.2, -0.15) is 5.10 Å². The van der Waals surface area contributed by atoms with Gasteiger partial charge in [0.15, 0.2) is 5.17 Å². The minimum absolute atomic E-state index is 0.0373. The molecule has 2 aromatic carbocycles. The second-order valence-electron chi connectivity index (χ2n) is 8.78. The molecule has 3 aromatic rings. The molecule has 1 aliphatic heterocycles.